The van der Waals surface area contributed by atoms with Crippen LogP contribution in [0.5, 0.6) is 0 Å². The van der Waals surface area contributed by atoms with Gasteiger partial charge in [0.1, 0.15) is 10.8 Å². The summed E-state index contributed by atoms with van der Waals surface area (Å²) in [6, 6.07) is 6.08. The van der Waals surface area contributed by atoms with E-state index in [9.17, 15) is 4.39 Å². The van der Waals surface area contributed by atoms with E-state index in [-0.39, 0.29) is 5.82 Å². The van der Waals surface area contributed by atoms with Crippen molar-refractivity contribution in [1.29, 1.82) is 0 Å². The van der Waals surface area contributed by atoms with E-state index in [0.29, 0.717) is 4.99 Å². The average molecular weight is 261 g/mol. The van der Waals surface area contributed by atoms with Gasteiger partial charge in [0, 0.05) is 11.8 Å². The Balaban J connectivity index is 2.46. The summed E-state index contributed by atoms with van der Waals surface area (Å²) in [4.78, 5) is 0.571. The van der Waals surface area contributed by atoms with Crippen molar-refractivity contribution in [3.63, 3.8) is 0 Å². The molecule has 0 atom stereocenters. The van der Waals surface area contributed by atoms with Crippen LogP contribution in [-0.2, 0) is 0 Å². The number of nitrogens with one attached hydrogen (secondary N) is 1. The Morgan fingerprint density at radius 3 is 2.39 bits per heavy atom. The Kier molecular flexibility index (Phi) is 6.01. The first-order valence-corrected chi connectivity index (χ1v) is 6.03. The lowest BCUT2D eigenvalue weighted by Gasteiger charge is -2.02. The third-order valence-corrected chi connectivity index (χ3v) is 2.42. The minimum atomic E-state index is -0.262. The van der Waals surface area contributed by atoms with Gasteiger partial charge in [-0.2, -0.15) is 0 Å². The molecule has 0 saturated carbocycles. The fourth-order valence-corrected chi connectivity index (χ4v) is 1.38. The highest BCUT2D eigenvalue weighted by atomic mass is 32.1. The lowest BCUT2D eigenvalue weighted by Crippen LogP contribution is -2.15. The van der Waals surface area contributed by atoms with Crippen molar-refractivity contribution >= 4 is 17.2 Å². The molecule has 94 valence electrons. The van der Waals surface area contributed by atoms with Crippen molar-refractivity contribution in [1.82, 2.24) is 5.32 Å². The number of allylic oxidation sites excluding steroid dienone is 5. The summed E-state index contributed by atoms with van der Waals surface area (Å²) in [6.45, 7) is 4.08. The van der Waals surface area contributed by atoms with Crippen LogP contribution in [0.1, 0.15) is 19.4 Å². The molecule has 0 aromatic heterocycles. The van der Waals surface area contributed by atoms with Gasteiger partial charge in [-0.3, -0.25) is 0 Å². The van der Waals surface area contributed by atoms with Gasteiger partial charge in [-0.05, 0) is 44.2 Å². The predicted octanol–water partition coefficient (Wildman–Crippen LogP) is 4.13. The van der Waals surface area contributed by atoms with Gasteiger partial charge in [-0.15, -0.1) is 0 Å². The molecule has 0 amide bonds. The van der Waals surface area contributed by atoms with E-state index in [0.717, 1.165) is 5.56 Å². The molecule has 0 aliphatic heterocycles. The van der Waals surface area contributed by atoms with E-state index in [1.807, 2.05) is 38.2 Å². The minimum Gasteiger partial charge on any atom is -0.352 e. The topological polar surface area (TPSA) is 12.0 Å². The maximum atomic E-state index is 12.7. The Hall–Kier alpha value is -1.74. The first kappa shape index (κ1) is 14.3. The van der Waals surface area contributed by atoms with Crippen molar-refractivity contribution in [3.8, 4) is 0 Å². The second kappa shape index (κ2) is 7.56. The van der Waals surface area contributed by atoms with Crippen molar-refractivity contribution in [2.45, 2.75) is 13.8 Å². The Bertz CT molecular complexity index is 480. The summed E-state index contributed by atoms with van der Waals surface area (Å²) < 4.78 is 12.7. The molecule has 0 saturated heterocycles. The molecule has 1 aromatic rings. The predicted molar refractivity (Wildman–Crippen MR) is 78.9 cm³/mol. The lowest BCUT2D eigenvalue weighted by atomic mass is 10.2. The summed E-state index contributed by atoms with van der Waals surface area (Å²) in [5, 5.41) is 2.96. The number of halogens is 1. The summed E-state index contributed by atoms with van der Waals surface area (Å²) in [6.07, 6.45) is 9.49. The maximum Gasteiger partial charge on any atom is 0.123 e. The van der Waals surface area contributed by atoms with Gasteiger partial charge in [0.25, 0.3) is 0 Å². The number of rotatable bonds is 4. The molecule has 1 aromatic carbocycles. The van der Waals surface area contributed by atoms with Gasteiger partial charge in [0.2, 0.25) is 0 Å². The summed E-state index contributed by atoms with van der Waals surface area (Å²) in [5.41, 5.74) is 2.04. The highest BCUT2D eigenvalue weighted by Crippen LogP contribution is 2.03. The summed E-state index contributed by atoms with van der Waals surface area (Å²) in [5.74, 6) is -0.262. The van der Waals surface area contributed by atoms with Gasteiger partial charge < -0.3 is 5.32 Å². The van der Waals surface area contributed by atoms with E-state index in [4.69, 9.17) is 12.2 Å². The second-order valence-electron chi connectivity index (χ2n) is 3.97. The molecule has 1 N–H and O–H groups in total. The van der Waals surface area contributed by atoms with Crippen LogP contribution in [0, 0.1) is 5.82 Å². The van der Waals surface area contributed by atoms with E-state index < -0.39 is 0 Å². The van der Waals surface area contributed by atoms with Crippen LogP contribution in [0.15, 0.2) is 60.3 Å². The van der Waals surface area contributed by atoms with Crippen molar-refractivity contribution in [2.24, 2.45) is 0 Å². The first-order chi connectivity index (χ1) is 8.59. The largest absolute Gasteiger partial charge is 0.352 e. The summed E-state index contributed by atoms with van der Waals surface area (Å²) >= 11 is 5.16. The first-order valence-electron chi connectivity index (χ1n) is 5.63. The molecule has 0 fully saturated rings. The standard InChI is InChI=1S/C15H16FNS/c1-12(2)6-4-3-5-11-17-15(18)13-7-9-14(16)10-8-13/h3-11H,1-2H3,(H,17,18)/b4-3-,11-5+. The summed E-state index contributed by atoms with van der Waals surface area (Å²) in [7, 11) is 0. The third-order valence-electron chi connectivity index (χ3n) is 2.07. The van der Waals surface area contributed by atoms with Gasteiger partial charge >= 0.3 is 0 Å². The van der Waals surface area contributed by atoms with Crippen LogP contribution < -0.4 is 5.32 Å². The molecule has 0 radical (unpaired) electrons. The van der Waals surface area contributed by atoms with Crippen LogP contribution in [-0.4, -0.2) is 4.99 Å². The molecular formula is C15H16FNS. The van der Waals surface area contributed by atoms with E-state index in [1.54, 1.807) is 18.3 Å². The highest BCUT2D eigenvalue weighted by Gasteiger charge is 1.97. The van der Waals surface area contributed by atoms with Crippen LogP contribution >= 0.6 is 12.2 Å². The molecule has 1 rings (SSSR count). The molecule has 0 heterocycles. The quantitative estimate of drug-likeness (QED) is 0.646. The van der Waals surface area contributed by atoms with Gasteiger partial charge in [-0.25, -0.2) is 4.39 Å². The number of hydrogen-bond donors (Lipinski definition) is 1. The molecule has 0 unspecified atom stereocenters. The normalized spacial score (nSPS) is 10.8. The van der Waals surface area contributed by atoms with Gasteiger partial charge in [-0.1, -0.05) is 36.0 Å². The zero-order chi connectivity index (χ0) is 13.4. The monoisotopic (exact) mass is 261 g/mol. The molecule has 1 nitrogen and oxygen atoms in total. The zero-order valence-electron chi connectivity index (χ0n) is 10.5. The number of hydrogen-bond acceptors (Lipinski definition) is 1. The zero-order valence-corrected chi connectivity index (χ0v) is 11.3. The fraction of sp³-hybridized carbons (Fsp3) is 0.133. The molecule has 3 heteroatoms. The third kappa shape index (κ3) is 5.55. The molecule has 0 aliphatic rings. The maximum absolute atomic E-state index is 12.7. The number of thiocarbonyl (C=S) groups is 1. The average Bonchev–Trinajstić information content (AvgIpc) is 2.34. The second-order valence-corrected chi connectivity index (χ2v) is 4.38. The molecule has 0 bridgehead atoms. The smallest absolute Gasteiger partial charge is 0.123 e. The number of benzene rings is 1. The molecular weight excluding hydrogens is 245 g/mol. The highest BCUT2D eigenvalue weighted by molar-refractivity contribution is 7.80. The molecule has 18 heavy (non-hydrogen) atoms. The van der Waals surface area contributed by atoms with E-state index >= 15 is 0 Å². The fourth-order valence-electron chi connectivity index (χ4n) is 1.18. The van der Waals surface area contributed by atoms with E-state index in [1.165, 1.54) is 17.7 Å². The molecule has 0 spiro atoms. The minimum absolute atomic E-state index is 0.262. The van der Waals surface area contributed by atoms with Crippen LogP contribution in [0.25, 0.3) is 0 Å². The Morgan fingerprint density at radius 1 is 1.11 bits per heavy atom. The van der Waals surface area contributed by atoms with Crippen LogP contribution in [0.3, 0.4) is 0 Å². The Morgan fingerprint density at radius 2 is 1.78 bits per heavy atom. The van der Waals surface area contributed by atoms with Crippen molar-refractivity contribution in [2.75, 3.05) is 0 Å². The molecule has 0 aliphatic carbocycles. The van der Waals surface area contributed by atoms with Gasteiger partial charge in [0.15, 0.2) is 0 Å². The van der Waals surface area contributed by atoms with Crippen LogP contribution in [0.2, 0.25) is 0 Å². The Labute approximate surface area is 113 Å². The van der Waals surface area contributed by atoms with Crippen molar-refractivity contribution < 1.29 is 4.39 Å². The van der Waals surface area contributed by atoms with Gasteiger partial charge in [0.05, 0.1) is 0 Å². The van der Waals surface area contributed by atoms with Crippen molar-refractivity contribution in [3.05, 3.63) is 71.7 Å². The van der Waals surface area contributed by atoms with E-state index in [2.05, 4.69) is 5.32 Å². The lowest BCUT2D eigenvalue weighted by molar-refractivity contribution is 0.628. The SMILES string of the molecule is CC(C)=C/C=C\C=C\NC(=S)c1ccc(F)cc1. The van der Waals surface area contributed by atoms with Crippen LogP contribution in [0.4, 0.5) is 4.39 Å².